The molecular weight excluding hydrogens is 256 g/mol. The molecule has 3 heterocycles. The zero-order chi connectivity index (χ0) is 14.1. The molecule has 7 nitrogen and oxygen atoms in total. The van der Waals surface area contributed by atoms with Gasteiger partial charge in [0, 0.05) is 29.5 Å². The maximum absolute atomic E-state index is 12.1. The quantitative estimate of drug-likeness (QED) is 0.759. The van der Waals surface area contributed by atoms with Crippen LogP contribution in [-0.2, 0) is 0 Å². The Kier molecular flexibility index (Phi) is 2.86. The summed E-state index contributed by atoms with van der Waals surface area (Å²) in [5, 5.41) is 6.87. The zero-order valence-corrected chi connectivity index (χ0v) is 11.0. The smallest absolute Gasteiger partial charge is 0.295 e. The number of pyridine rings is 1. The number of hydrogen-bond acceptors (Lipinski definition) is 5. The van der Waals surface area contributed by atoms with E-state index in [-0.39, 0.29) is 11.7 Å². The molecule has 0 saturated heterocycles. The van der Waals surface area contributed by atoms with Crippen LogP contribution < -0.4 is 5.32 Å². The topological polar surface area (TPSA) is 85.1 Å². The van der Waals surface area contributed by atoms with Gasteiger partial charge in [0.25, 0.3) is 11.7 Å². The average molecular weight is 268 g/mol. The Labute approximate surface area is 114 Å². The predicted octanol–water partition coefficient (Wildman–Crippen LogP) is 1.39. The molecule has 0 saturated carbocycles. The number of nitrogens with zero attached hydrogens (tertiary/aromatic N) is 5. The molecule has 0 aliphatic heterocycles. The lowest BCUT2D eigenvalue weighted by Gasteiger charge is -2.00. The maximum Gasteiger partial charge on any atom is 0.295 e. The number of carbonyl (C=O) groups is 1. The van der Waals surface area contributed by atoms with E-state index in [0.29, 0.717) is 11.5 Å². The maximum atomic E-state index is 12.1. The molecule has 0 unspecified atom stereocenters. The van der Waals surface area contributed by atoms with Crippen LogP contribution in [0.4, 0.5) is 5.69 Å². The largest absolute Gasteiger partial charge is 0.319 e. The highest BCUT2D eigenvalue weighted by Crippen LogP contribution is 2.08. The lowest BCUT2D eigenvalue weighted by molar-refractivity contribution is 0.101. The minimum absolute atomic E-state index is 0.0861. The molecule has 20 heavy (non-hydrogen) atoms. The number of rotatable bonds is 2. The molecule has 0 atom stereocenters. The normalized spacial score (nSPS) is 10.7. The van der Waals surface area contributed by atoms with Gasteiger partial charge in [-0.25, -0.2) is 9.50 Å². The van der Waals surface area contributed by atoms with Crippen molar-refractivity contribution in [2.75, 3.05) is 5.32 Å². The van der Waals surface area contributed by atoms with Crippen LogP contribution in [0.15, 0.2) is 30.6 Å². The Morgan fingerprint density at radius 3 is 2.70 bits per heavy atom. The molecule has 0 aliphatic carbocycles. The summed E-state index contributed by atoms with van der Waals surface area (Å²) in [4.78, 5) is 24.4. The fourth-order valence-corrected chi connectivity index (χ4v) is 1.88. The first kappa shape index (κ1) is 12.2. The molecule has 0 aromatic carbocycles. The monoisotopic (exact) mass is 268 g/mol. The minimum atomic E-state index is -0.376. The zero-order valence-electron chi connectivity index (χ0n) is 11.0. The molecule has 3 aromatic heterocycles. The third-order valence-electron chi connectivity index (χ3n) is 2.76. The first-order chi connectivity index (χ1) is 9.63. The van der Waals surface area contributed by atoms with Crippen molar-refractivity contribution in [3.63, 3.8) is 0 Å². The summed E-state index contributed by atoms with van der Waals surface area (Å²) in [7, 11) is 0. The van der Waals surface area contributed by atoms with E-state index in [1.165, 1.54) is 0 Å². The molecular formula is C13H12N6O. The Morgan fingerprint density at radius 1 is 1.20 bits per heavy atom. The van der Waals surface area contributed by atoms with Gasteiger partial charge < -0.3 is 5.32 Å². The Balaban J connectivity index is 1.94. The Bertz CT molecular complexity index is 780. The molecule has 7 heteroatoms. The van der Waals surface area contributed by atoms with Crippen LogP contribution in [-0.4, -0.2) is 30.5 Å². The minimum Gasteiger partial charge on any atom is -0.319 e. The van der Waals surface area contributed by atoms with E-state index in [1.807, 2.05) is 19.9 Å². The van der Waals surface area contributed by atoms with E-state index < -0.39 is 0 Å². The van der Waals surface area contributed by atoms with Gasteiger partial charge in [0.1, 0.15) is 0 Å². The summed E-state index contributed by atoms with van der Waals surface area (Å²) in [5.41, 5.74) is 2.36. The van der Waals surface area contributed by atoms with Crippen LogP contribution in [0.2, 0.25) is 0 Å². The van der Waals surface area contributed by atoms with Crippen molar-refractivity contribution in [3.05, 3.63) is 47.8 Å². The van der Waals surface area contributed by atoms with E-state index >= 15 is 0 Å². The first-order valence-electron chi connectivity index (χ1n) is 6.06. The molecule has 100 valence electrons. The number of fused-ring (bicyclic) bond motifs is 1. The summed E-state index contributed by atoms with van der Waals surface area (Å²) in [6.45, 7) is 3.76. The van der Waals surface area contributed by atoms with Crippen LogP contribution in [0.5, 0.6) is 0 Å². The molecule has 0 radical (unpaired) electrons. The standard InChI is InChI=1S/C13H12N6O/c1-8-7-9(2)19-13(15-8)17-11(18-19)12(20)16-10-3-5-14-6-4-10/h3-7H,1-2H3,(H,14,16,20). The van der Waals surface area contributed by atoms with Gasteiger partial charge in [-0.15, -0.1) is 5.10 Å². The van der Waals surface area contributed by atoms with Crippen LogP contribution >= 0.6 is 0 Å². The van der Waals surface area contributed by atoms with Crippen molar-refractivity contribution < 1.29 is 4.79 Å². The van der Waals surface area contributed by atoms with Crippen molar-refractivity contribution in [1.29, 1.82) is 0 Å². The predicted molar refractivity (Wildman–Crippen MR) is 72.4 cm³/mol. The molecule has 0 bridgehead atoms. The Morgan fingerprint density at radius 2 is 1.95 bits per heavy atom. The van der Waals surface area contributed by atoms with Gasteiger partial charge in [-0.3, -0.25) is 9.78 Å². The van der Waals surface area contributed by atoms with Crippen molar-refractivity contribution >= 4 is 17.4 Å². The second kappa shape index (κ2) is 4.69. The summed E-state index contributed by atoms with van der Waals surface area (Å²) in [6.07, 6.45) is 3.20. The number of aryl methyl sites for hydroxylation is 2. The SMILES string of the molecule is Cc1cc(C)n2nc(C(=O)Nc3ccncc3)nc2n1. The highest BCUT2D eigenvalue weighted by Gasteiger charge is 2.14. The number of hydrogen-bond donors (Lipinski definition) is 1. The Hall–Kier alpha value is -2.83. The van der Waals surface area contributed by atoms with Gasteiger partial charge in [-0.1, -0.05) is 0 Å². The fraction of sp³-hybridized carbons (Fsp3) is 0.154. The van der Waals surface area contributed by atoms with Gasteiger partial charge in [-0.2, -0.15) is 4.98 Å². The van der Waals surface area contributed by atoms with E-state index in [4.69, 9.17) is 0 Å². The summed E-state index contributed by atoms with van der Waals surface area (Å²) in [6, 6.07) is 5.27. The second-order valence-electron chi connectivity index (χ2n) is 4.38. The molecule has 1 amide bonds. The molecule has 0 aliphatic rings. The molecule has 1 N–H and O–H groups in total. The summed E-state index contributed by atoms with van der Waals surface area (Å²) < 4.78 is 1.55. The molecule has 3 rings (SSSR count). The summed E-state index contributed by atoms with van der Waals surface area (Å²) >= 11 is 0. The van der Waals surface area contributed by atoms with Crippen LogP contribution in [0, 0.1) is 13.8 Å². The number of nitrogens with one attached hydrogen (secondary N) is 1. The van der Waals surface area contributed by atoms with Crippen molar-refractivity contribution in [2.24, 2.45) is 0 Å². The van der Waals surface area contributed by atoms with Crippen molar-refractivity contribution in [2.45, 2.75) is 13.8 Å². The van der Waals surface area contributed by atoms with Crippen molar-refractivity contribution in [3.8, 4) is 0 Å². The van der Waals surface area contributed by atoms with Crippen molar-refractivity contribution in [1.82, 2.24) is 24.6 Å². The van der Waals surface area contributed by atoms with Crippen LogP contribution in [0.1, 0.15) is 22.0 Å². The van der Waals surface area contributed by atoms with Gasteiger partial charge >= 0.3 is 0 Å². The third-order valence-corrected chi connectivity index (χ3v) is 2.76. The lowest BCUT2D eigenvalue weighted by Crippen LogP contribution is -2.14. The molecule has 3 aromatic rings. The van der Waals surface area contributed by atoms with Gasteiger partial charge in [0.05, 0.1) is 0 Å². The average Bonchev–Trinajstić information content (AvgIpc) is 2.84. The number of anilines is 1. The third kappa shape index (κ3) is 2.20. The molecule has 0 spiro atoms. The van der Waals surface area contributed by atoms with E-state index in [1.54, 1.807) is 29.0 Å². The lowest BCUT2D eigenvalue weighted by atomic mass is 10.4. The fourth-order valence-electron chi connectivity index (χ4n) is 1.88. The number of amides is 1. The van der Waals surface area contributed by atoms with Gasteiger partial charge in [0.15, 0.2) is 0 Å². The first-order valence-corrected chi connectivity index (χ1v) is 6.06. The van der Waals surface area contributed by atoms with E-state index in [9.17, 15) is 4.79 Å². The van der Waals surface area contributed by atoms with E-state index in [0.717, 1.165) is 11.4 Å². The van der Waals surface area contributed by atoms with E-state index in [2.05, 4.69) is 25.4 Å². The van der Waals surface area contributed by atoms with Crippen LogP contribution in [0.3, 0.4) is 0 Å². The number of aromatic nitrogens is 5. The van der Waals surface area contributed by atoms with Gasteiger partial charge in [-0.05, 0) is 32.0 Å². The number of carbonyl (C=O) groups excluding carboxylic acids is 1. The molecule has 0 fully saturated rings. The second-order valence-corrected chi connectivity index (χ2v) is 4.38. The highest BCUT2D eigenvalue weighted by atomic mass is 16.2. The highest BCUT2D eigenvalue weighted by molar-refractivity contribution is 6.01. The van der Waals surface area contributed by atoms with Crippen LogP contribution in [0.25, 0.3) is 5.78 Å². The van der Waals surface area contributed by atoms with Gasteiger partial charge in [0.2, 0.25) is 5.82 Å². The summed E-state index contributed by atoms with van der Waals surface area (Å²) in [5.74, 6) is 0.129.